The van der Waals surface area contributed by atoms with Gasteiger partial charge in [-0.3, -0.25) is 4.79 Å². The average molecular weight is 385 g/mol. The van der Waals surface area contributed by atoms with Crippen molar-refractivity contribution >= 4 is 5.91 Å². The van der Waals surface area contributed by atoms with Gasteiger partial charge in [-0.25, -0.2) is 15.2 Å². The Labute approximate surface area is 163 Å². The van der Waals surface area contributed by atoms with E-state index in [1.807, 2.05) is 19.1 Å². The smallest absolute Gasteiger partial charge is 0.242 e. The van der Waals surface area contributed by atoms with Gasteiger partial charge in [-0.1, -0.05) is 35.9 Å². The van der Waals surface area contributed by atoms with Crippen LogP contribution in [0.2, 0.25) is 0 Å². The minimum absolute atomic E-state index is 0.0448. The fourth-order valence-electron chi connectivity index (χ4n) is 4.47. The molecule has 4 N–H and O–H groups in total. The predicted molar refractivity (Wildman–Crippen MR) is 102 cm³/mol. The minimum Gasteiger partial charge on any atom is -0.508 e. The van der Waals surface area contributed by atoms with E-state index in [-0.39, 0.29) is 36.0 Å². The first-order valence-electron chi connectivity index (χ1n) is 9.49. The number of aliphatic hydroxyl groups excluding tert-OH is 1. The molecule has 28 heavy (non-hydrogen) atoms. The number of amides is 1. The molecule has 2 aromatic rings. The average Bonchev–Trinajstić information content (AvgIpc) is 3.22. The molecule has 0 saturated carbocycles. The van der Waals surface area contributed by atoms with Crippen LogP contribution >= 0.6 is 0 Å². The van der Waals surface area contributed by atoms with Crippen molar-refractivity contribution in [1.82, 2.24) is 15.8 Å². The van der Waals surface area contributed by atoms with Crippen molar-refractivity contribution in [2.45, 2.75) is 31.5 Å². The van der Waals surface area contributed by atoms with Crippen molar-refractivity contribution in [3.63, 3.8) is 0 Å². The first-order valence-corrected chi connectivity index (χ1v) is 9.49. The third-order valence-electron chi connectivity index (χ3n) is 5.71. The number of carbonyl (C=O) groups excluding carboxylic acids is 1. The first kappa shape index (κ1) is 18.9. The highest BCUT2D eigenvalue weighted by molar-refractivity contribution is 5.86. The topological polar surface area (TPSA) is 84.8 Å². The highest BCUT2D eigenvalue weighted by Crippen LogP contribution is 2.49. The van der Waals surface area contributed by atoms with E-state index in [4.69, 9.17) is 0 Å². The van der Waals surface area contributed by atoms with Crippen molar-refractivity contribution in [2.24, 2.45) is 5.92 Å². The Bertz CT molecular complexity index is 891. The second kappa shape index (κ2) is 7.50. The summed E-state index contributed by atoms with van der Waals surface area (Å²) < 4.78 is 14.7. The number of aromatic hydroxyl groups is 1. The second-order valence-electron chi connectivity index (χ2n) is 7.46. The van der Waals surface area contributed by atoms with E-state index in [0.717, 1.165) is 5.56 Å². The fourth-order valence-corrected chi connectivity index (χ4v) is 4.47. The maximum atomic E-state index is 14.7. The molecule has 4 unspecified atom stereocenters. The molecule has 0 aromatic heterocycles. The van der Waals surface area contributed by atoms with Crippen LogP contribution in [0.1, 0.15) is 35.2 Å². The van der Waals surface area contributed by atoms with E-state index in [1.54, 1.807) is 29.2 Å². The van der Waals surface area contributed by atoms with Crippen LogP contribution in [0.15, 0.2) is 42.5 Å². The van der Waals surface area contributed by atoms with Gasteiger partial charge in [0, 0.05) is 30.2 Å². The molecule has 7 heteroatoms. The summed E-state index contributed by atoms with van der Waals surface area (Å²) in [5, 5.41) is 19.7. The van der Waals surface area contributed by atoms with Crippen molar-refractivity contribution < 1.29 is 19.4 Å². The summed E-state index contributed by atoms with van der Waals surface area (Å²) in [6.07, 6.45) is 0.421. The molecule has 2 saturated heterocycles. The summed E-state index contributed by atoms with van der Waals surface area (Å²) in [5.41, 5.74) is 8.31. The number of aryl methyl sites for hydroxylation is 1. The highest BCUT2D eigenvalue weighted by atomic mass is 19.1. The number of likely N-dealkylation sites (tertiary alicyclic amines) is 1. The summed E-state index contributed by atoms with van der Waals surface area (Å²) in [4.78, 5) is 14.7. The lowest BCUT2D eigenvalue weighted by molar-refractivity contribution is -0.130. The lowest BCUT2D eigenvalue weighted by Crippen LogP contribution is -2.42. The van der Waals surface area contributed by atoms with E-state index in [0.29, 0.717) is 24.1 Å². The van der Waals surface area contributed by atoms with E-state index < -0.39 is 12.1 Å². The van der Waals surface area contributed by atoms with Crippen LogP contribution in [0.25, 0.3) is 0 Å². The maximum Gasteiger partial charge on any atom is 0.242 e. The zero-order valence-corrected chi connectivity index (χ0v) is 15.6. The summed E-state index contributed by atoms with van der Waals surface area (Å²) >= 11 is 0. The van der Waals surface area contributed by atoms with Gasteiger partial charge >= 0.3 is 0 Å². The van der Waals surface area contributed by atoms with Gasteiger partial charge < -0.3 is 15.1 Å². The van der Waals surface area contributed by atoms with Crippen LogP contribution in [-0.2, 0) is 4.79 Å². The van der Waals surface area contributed by atoms with Crippen molar-refractivity contribution in [3.05, 3.63) is 65.0 Å². The predicted octanol–water partition coefficient (Wildman–Crippen LogP) is 1.94. The number of rotatable bonds is 5. The third-order valence-corrected chi connectivity index (χ3v) is 5.71. The van der Waals surface area contributed by atoms with Crippen LogP contribution in [0.4, 0.5) is 4.39 Å². The summed E-state index contributed by atoms with van der Waals surface area (Å²) in [6.45, 7) is 2.23. The molecule has 2 aromatic carbocycles. The number of carbonyl (C=O) groups is 1. The minimum atomic E-state index is -0.534. The number of hydrazine groups is 1. The Balaban J connectivity index is 1.80. The largest absolute Gasteiger partial charge is 0.508 e. The normalized spacial score (nSPS) is 26.7. The van der Waals surface area contributed by atoms with Gasteiger partial charge in [0.05, 0.1) is 12.1 Å². The molecule has 2 aliphatic heterocycles. The van der Waals surface area contributed by atoms with Gasteiger partial charge in [-0.2, -0.15) is 0 Å². The Hall–Kier alpha value is -2.48. The van der Waals surface area contributed by atoms with Crippen LogP contribution in [0, 0.1) is 18.7 Å². The Morgan fingerprint density at radius 1 is 1.11 bits per heavy atom. The van der Waals surface area contributed by atoms with E-state index in [2.05, 4.69) is 10.9 Å². The summed E-state index contributed by atoms with van der Waals surface area (Å²) in [7, 11) is 0. The number of benzene rings is 2. The van der Waals surface area contributed by atoms with Crippen LogP contribution in [0.3, 0.4) is 0 Å². The molecule has 148 valence electrons. The summed E-state index contributed by atoms with van der Waals surface area (Å²) in [5.74, 6) is -0.669. The van der Waals surface area contributed by atoms with Gasteiger partial charge in [0.15, 0.2) is 0 Å². The molecule has 4 atom stereocenters. The van der Waals surface area contributed by atoms with E-state index in [9.17, 15) is 19.4 Å². The number of phenolic OH excluding ortho intramolecular Hbond substituents is 1. The lowest BCUT2D eigenvalue weighted by atomic mass is 9.82. The molecule has 2 aliphatic rings. The Morgan fingerprint density at radius 3 is 2.61 bits per heavy atom. The number of fused-ring (bicyclic) bond motifs is 1. The molecule has 0 spiro atoms. The molecular weight excluding hydrogens is 361 g/mol. The molecular formula is C21H24FN3O3. The molecule has 1 amide bonds. The zero-order chi connectivity index (χ0) is 19.8. The highest BCUT2D eigenvalue weighted by Gasteiger charge is 2.56. The van der Waals surface area contributed by atoms with E-state index >= 15 is 0 Å². The number of nitrogens with zero attached hydrogens (tertiary/aromatic N) is 1. The van der Waals surface area contributed by atoms with Gasteiger partial charge in [-0.05, 0) is 25.5 Å². The van der Waals surface area contributed by atoms with Crippen LogP contribution in [-0.4, -0.2) is 40.2 Å². The maximum absolute atomic E-state index is 14.7. The molecule has 2 fully saturated rings. The second-order valence-corrected chi connectivity index (χ2v) is 7.46. The van der Waals surface area contributed by atoms with Crippen molar-refractivity contribution in [2.75, 3.05) is 13.2 Å². The van der Waals surface area contributed by atoms with Gasteiger partial charge in [0.25, 0.3) is 0 Å². The molecule has 6 nitrogen and oxygen atoms in total. The fraction of sp³-hybridized carbons (Fsp3) is 0.381. The van der Waals surface area contributed by atoms with Gasteiger partial charge in [0.1, 0.15) is 17.6 Å². The van der Waals surface area contributed by atoms with Crippen molar-refractivity contribution in [3.8, 4) is 5.75 Å². The summed E-state index contributed by atoms with van der Waals surface area (Å²) in [6, 6.07) is 10.4. The zero-order valence-electron chi connectivity index (χ0n) is 15.6. The number of hydrogen-bond donors (Lipinski definition) is 4. The first-order chi connectivity index (χ1) is 13.5. The van der Waals surface area contributed by atoms with Crippen molar-refractivity contribution in [1.29, 1.82) is 0 Å². The molecule has 0 bridgehead atoms. The van der Waals surface area contributed by atoms with Crippen LogP contribution < -0.4 is 10.9 Å². The monoisotopic (exact) mass is 385 g/mol. The number of halogens is 1. The SMILES string of the molecule is Cc1ccc(O)c(C2NNC3C(=O)N(CCCO)C(c4ccccc4F)C32)c1. The molecule has 4 rings (SSSR count). The lowest BCUT2D eigenvalue weighted by Gasteiger charge is -2.31. The Kier molecular flexibility index (Phi) is 5.05. The number of phenols is 1. The quantitative estimate of drug-likeness (QED) is 0.632. The number of hydrogen-bond acceptors (Lipinski definition) is 5. The number of nitrogens with one attached hydrogen (secondary N) is 2. The van der Waals surface area contributed by atoms with Gasteiger partial charge in [-0.15, -0.1) is 0 Å². The molecule has 0 aliphatic carbocycles. The molecule has 2 heterocycles. The van der Waals surface area contributed by atoms with E-state index in [1.165, 1.54) is 6.07 Å². The van der Waals surface area contributed by atoms with Crippen LogP contribution in [0.5, 0.6) is 5.75 Å². The third kappa shape index (κ3) is 3.05. The standard InChI is InChI=1S/C21H24FN3O3/c1-12-7-8-16(27)14(11-12)18-17-19(24-23-18)21(28)25(9-4-10-26)20(17)13-5-2-3-6-15(13)22/h2-3,5-8,11,17-20,23-24,26-27H,4,9-10H2,1H3. The Morgan fingerprint density at radius 2 is 1.86 bits per heavy atom. The number of aliphatic hydroxyl groups is 1. The van der Waals surface area contributed by atoms with Gasteiger partial charge in [0.2, 0.25) is 5.91 Å². The molecule has 0 radical (unpaired) electrons.